The summed E-state index contributed by atoms with van der Waals surface area (Å²) in [6.07, 6.45) is 14.4. The Morgan fingerprint density at radius 2 is 1.74 bits per heavy atom. The summed E-state index contributed by atoms with van der Waals surface area (Å²) < 4.78 is 0. The van der Waals surface area contributed by atoms with Gasteiger partial charge in [-0.25, -0.2) is 0 Å². The van der Waals surface area contributed by atoms with E-state index < -0.39 is 0 Å². The Morgan fingerprint density at radius 1 is 1.16 bits per heavy atom. The molecule has 0 unspecified atom stereocenters. The lowest BCUT2D eigenvalue weighted by molar-refractivity contribution is 0.234. The molecule has 0 saturated carbocycles. The fourth-order valence-corrected chi connectivity index (χ4v) is 1.76. The molecule has 0 spiro atoms. The minimum atomic E-state index is 0.728. The zero-order valence-corrected chi connectivity index (χ0v) is 13.7. The predicted octanol–water partition coefficient (Wildman–Crippen LogP) is 3.28. The molecule has 0 aromatic heterocycles. The Hall–Kier alpha value is -1.04. The third kappa shape index (κ3) is 14.9. The Bertz CT molecular complexity index is 272. The highest BCUT2D eigenvalue weighted by atomic mass is 15.2. The first-order valence-electron chi connectivity index (χ1n) is 6.94. The fourth-order valence-electron chi connectivity index (χ4n) is 1.76. The molecule has 0 atom stereocenters. The topological polar surface area (TPSA) is 6.48 Å². The molecule has 2 nitrogen and oxygen atoms in total. The number of allylic oxidation sites excluding steroid dienone is 3. The van der Waals surface area contributed by atoms with Crippen molar-refractivity contribution in [3.8, 4) is 12.8 Å². The first kappa shape index (κ1) is 20.3. The van der Waals surface area contributed by atoms with E-state index in [1.165, 1.54) is 12.1 Å². The van der Waals surface area contributed by atoms with Gasteiger partial charge in [-0.2, -0.15) is 0 Å². The average Bonchev–Trinajstić information content (AvgIpc) is 2.35. The zero-order chi connectivity index (χ0) is 15.3. The Labute approximate surface area is 121 Å². The monoisotopic (exact) mass is 264 g/mol. The SMILES string of the molecule is C#C.C/C=C\C=C(/C)CN(CCN(C)C)CC(C)C. The predicted molar refractivity (Wildman–Crippen MR) is 88.3 cm³/mol. The van der Waals surface area contributed by atoms with E-state index in [1.807, 2.05) is 0 Å². The third-order valence-corrected chi connectivity index (χ3v) is 2.53. The van der Waals surface area contributed by atoms with Gasteiger partial charge in [-0.05, 0) is 33.9 Å². The van der Waals surface area contributed by atoms with Crippen molar-refractivity contribution < 1.29 is 0 Å². The van der Waals surface area contributed by atoms with Crippen LogP contribution in [0.15, 0.2) is 23.8 Å². The minimum Gasteiger partial charge on any atom is -0.308 e. The van der Waals surface area contributed by atoms with E-state index in [0.717, 1.165) is 25.6 Å². The molecule has 0 bridgehead atoms. The van der Waals surface area contributed by atoms with Crippen molar-refractivity contribution in [3.05, 3.63) is 23.8 Å². The summed E-state index contributed by atoms with van der Waals surface area (Å²) >= 11 is 0. The number of nitrogens with zero attached hydrogens (tertiary/aromatic N) is 2. The van der Waals surface area contributed by atoms with Crippen LogP contribution in [0.3, 0.4) is 0 Å². The van der Waals surface area contributed by atoms with Crippen molar-refractivity contribution in [3.63, 3.8) is 0 Å². The molecular formula is C17H32N2. The van der Waals surface area contributed by atoms with Gasteiger partial charge < -0.3 is 4.90 Å². The van der Waals surface area contributed by atoms with Gasteiger partial charge in [0.25, 0.3) is 0 Å². The number of terminal acetylenes is 1. The summed E-state index contributed by atoms with van der Waals surface area (Å²) in [6.45, 7) is 13.4. The first-order chi connectivity index (χ1) is 8.95. The van der Waals surface area contributed by atoms with Gasteiger partial charge in [-0.15, -0.1) is 12.8 Å². The molecule has 0 saturated heterocycles. The van der Waals surface area contributed by atoms with Crippen LogP contribution in [-0.4, -0.2) is 50.1 Å². The third-order valence-electron chi connectivity index (χ3n) is 2.53. The van der Waals surface area contributed by atoms with Gasteiger partial charge in [0.15, 0.2) is 0 Å². The van der Waals surface area contributed by atoms with Crippen LogP contribution in [0.5, 0.6) is 0 Å². The lowest BCUT2D eigenvalue weighted by Crippen LogP contribution is -2.35. The van der Waals surface area contributed by atoms with E-state index in [4.69, 9.17) is 0 Å². The Balaban J connectivity index is 0. The average molecular weight is 264 g/mol. The molecular weight excluding hydrogens is 232 g/mol. The molecule has 0 rings (SSSR count). The second-order valence-electron chi connectivity index (χ2n) is 5.47. The van der Waals surface area contributed by atoms with Gasteiger partial charge in [0, 0.05) is 26.2 Å². The number of hydrogen-bond donors (Lipinski definition) is 0. The van der Waals surface area contributed by atoms with E-state index in [0.29, 0.717) is 0 Å². The van der Waals surface area contributed by atoms with Crippen LogP contribution in [0.1, 0.15) is 27.7 Å². The standard InChI is InChI=1S/C15H30N2.C2H2/c1-7-8-9-15(4)13-17(12-14(2)3)11-10-16(5)6;1-2/h7-9,14H,10-13H2,1-6H3;1-2H/b8-7-,15-9+;. The van der Waals surface area contributed by atoms with Gasteiger partial charge in [-0.3, -0.25) is 4.90 Å². The summed E-state index contributed by atoms with van der Waals surface area (Å²) in [5.41, 5.74) is 1.43. The van der Waals surface area contributed by atoms with Crippen LogP contribution >= 0.6 is 0 Å². The zero-order valence-electron chi connectivity index (χ0n) is 13.7. The Morgan fingerprint density at radius 3 is 2.16 bits per heavy atom. The molecule has 0 radical (unpaired) electrons. The van der Waals surface area contributed by atoms with Gasteiger partial charge in [0.2, 0.25) is 0 Å². The summed E-state index contributed by atoms with van der Waals surface area (Å²) in [7, 11) is 4.27. The normalized spacial score (nSPS) is 12.3. The van der Waals surface area contributed by atoms with E-state index in [1.54, 1.807) is 0 Å². The van der Waals surface area contributed by atoms with Crippen LogP contribution in [0.4, 0.5) is 0 Å². The molecule has 0 heterocycles. The highest BCUT2D eigenvalue weighted by Crippen LogP contribution is 2.04. The van der Waals surface area contributed by atoms with Gasteiger partial charge in [0.05, 0.1) is 0 Å². The highest BCUT2D eigenvalue weighted by Gasteiger charge is 2.07. The first-order valence-corrected chi connectivity index (χ1v) is 6.94. The van der Waals surface area contributed by atoms with Crippen LogP contribution in [0.2, 0.25) is 0 Å². The molecule has 0 aliphatic rings. The minimum absolute atomic E-state index is 0.728. The van der Waals surface area contributed by atoms with Crippen molar-refractivity contribution in [1.82, 2.24) is 9.80 Å². The molecule has 0 fully saturated rings. The number of likely N-dealkylation sites (N-methyl/N-ethyl adjacent to an activating group) is 1. The molecule has 0 N–H and O–H groups in total. The fraction of sp³-hybridized carbons (Fsp3) is 0.647. The lowest BCUT2D eigenvalue weighted by Gasteiger charge is -2.26. The summed E-state index contributed by atoms with van der Waals surface area (Å²) in [5, 5.41) is 0. The second-order valence-corrected chi connectivity index (χ2v) is 5.47. The molecule has 0 aromatic rings. The molecule has 0 aliphatic heterocycles. The van der Waals surface area contributed by atoms with Crippen molar-refractivity contribution in [1.29, 1.82) is 0 Å². The molecule has 0 aromatic carbocycles. The van der Waals surface area contributed by atoms with E-state index in [9.17, 15) is 0 Å². The van der Waals surface area contributed by atoms with E-state index in [2.05, 4.69) is 82.7 Å². The molecule has 19 heavy (non-hydrogen) atoms. The van der Waals surface area contributed by atoms with Gasteiger partial charge in [-0.1, -0.05) is 37.6 Å². The number of rotatable bonds is 8. The quantitative estimate of drug-likeness (QED) is 0.490. The number of hydrogen-bond acceptors (Lipinski definition) is 2. The maximum Gasteiger partial charge on any atom is 0.0193 e. The van der Waals surface area contributed by atoms with Gasteiger partial charge in [0.1, 0.15) is 0 Å². The maximum absolute atomic E-state index is 4.00. The molecule has 0 amide bonds. The largest absolute Gasteiger partial charge is 0.308 e. The molecule has 110 valence electrons. The lowest BCUT2D eigenvalue weighted by atomic mass is 10.2. The van der Waals surface area contributed by atoms with Crippen molar-refractivity contribution in [2.24, 2.45) is 5.92 Å². The van der Waals surface area contributed by atoms with Crippen molar-refractivity contribution in [2.45, 2.75) is 27.7 Å². The molecule has 0 aliphatic carbocycles. The summed E-state index contributed by atoms with van der Waals surface area (Å²) in [6, 6.07) is 0. The van der Waals surface area contributed by atoms with Gasteiger partial charge >= 0.3 is 0 Å². The summed E-state index contributed by atoms with van der Waals surface area (Å²) in [5.74, 6) is 0.728. The highest BCUT2D eigenvalue weighted by molar-refractivity contribution is 5.11. The van der Waals surface area contributed by atoms with Crippen molar-refractivity contribution >= 4 is 0 Å². The van der Waals surface area contributed by atoms with Crippen molar-refractivity contribution in [2.75, 3.05) is 40.3 Å². The van der Waals surface area contributed by atoms with Crippen LogP contribution in [0.25, 0.3) is 0 Å². The smallest absolute Gasteiger partial charge is 0.0193 e. The summed E-state index contributed by atoms with van der Waals surface area (Å²) in [4.78, 5) is 4.79. The Kier molecular flexibility index (Phi) is 14.3. The van der Waals surface area contributed by atoms with Crippen LogP contribution in [0, 0.1) is 18.8 Å². The van der Waals surface area contributed by atoms with E-state index >= 15 is 0 Å². The maximum atomic E-state index is 4.00. The molecule has 2 heteroatoms. The van der Waals surface area contributed by atoms with Crippen LogP contribution in [-0.2, 0) is 0 Å². The van der Waals surface area contributed by atoms with E-state index in [-0.39, 0.29) is 0 Å². The second kappa shape index (κ2) is 13.4. The van der Waals surface area contributed by atoms with Crippen LogP contribution < -0.4 is 0 Å².